The summed E-state index contributed by atoms with van der Waals surface area (Å²) in [6.45, 7) is 2.45. The van der Waals surface area contributed by atoms with Crippen LogP contribution < -0.4 is 0 Å². The Kier molecular flexibility index (Phi) is 4.41. The third kappa shape index (κ3) is 3.26. The molecular formula is C17H17FN2O3. The number of hydrogen-bond donors (Lipinski definition) is 0. The predicted molar refractivity (Wildman–Crippen MR) is 83.3 cm³/mol. The van der Waals surface area contributed by atoms with Crippen LogP contribution in [-0.2, 0) is 16.1 Å². The van der Waals surface area contributed by atoms with Crippen LogP contribution in [0.2, 0.25) is 0 Å². The molecule has 2 heterocycles. The van der Waals surface area contributed by atoms with Crippen LogP contribution in [0.4, 0.5) is 4.39 Å². The second kappa shape index (κ2) is 6.64. The third-order valence-electron chi connectivity index (χ3n) is 3.56. The Morgan fingerprint density at radius 2 is 2.26 bits per heavy atom. The van der Waals surface area contributed by atoms with Crippen LogP contribution in [0.25, 0.3) is 22.5 Å². The number of rotatable bonds is 6. The summed E-state index contributed by atoms with van der Waals surface area (Å²) in [6.07, 6.45) is 4.77. The van der Waals surface area contributed by atoms with Gasteiger partial charge in [-0.3, -0.25) is 4.79 Å². The largest absolute Gasteiger partial charge is 0.464 e. The maximum absolute atomic E-state index is 13.4. The number of nitrogens with zero attached hydrogens (tertiary/aromatic N) is 2. The van der Waals surface area contributed by atoms with Crippen molar-refractivity contribution in [2.24, 2.45) is 0 Å². The molecule has 0 bridgehead atoms. The summed E-state index contributed by atoms with van der Waals surface area (Å²) in [6, 6.07) is 6.17. The Morgan fingerprint density at radius 1 is 1.39 bits per heavy atom. The van der Waals surface area contributed by atoms with Gasteiger partial charge >= 0.3 is 5.97 Å². The van der Waals surface area contributed by atoms with E-state index in [0.717, 1.165) is 18.4 Å². The van der Waals surface area contributed by atoms with Crippen molar-refractivity contribution in [3.8, 4) is 11.6 Å². The number of carbonyl (C=O) groups excluding carboxylic acids is 1. The molecule has 0 amide bonds. The van der Waals surface area contributed by atoms with Crippen molar-refractivity contribution in [3.05, 3.63) is 42.5 Å². The van der Waals surface area contributed by atoms with E-state index in [1.54, 1.807) is 16.7 Å². The number of fused-ring (bicyclic) bond motifs is 1. The van der Waals surface area contributed by atoms with Crippen LogP contribution in [0.3, 0.4) is 0 Å². The fourth-order valence-corrected chi connectivity index (χ4v) is 2.44. The van der Waals surface area contributed by atoms with Gasteiger partial charge in [-0.25, -0.2) is 9.37 Å². The number of aromatic nitrogens is 2. The normalized spacial score (nSPS) is 11.0. The van der Waals surface area contributed by atoms with Crippen molar-refractivity contribution in [1.82, 2.24) is 9.55 Å². The number of halogens is 1. The summed E-state index contributed by atoms with van der Waals surface area (Å²) in [5.74, 6) is -0.296. The van der Waals surface area contributed by atoms with Gasteiger partial charge in [0.2, 0.25) is 5.89 Å². The monoisotopic (exact) mass is 316 g/mol. The molecule has 0 radical (unpaired) electrons. The van der Waals surface area contributed by atoms with Gasteiger partial charge in [0.15, 0.2) is 0 Å². The minimum atomic E-state index is -0.340. The molecule has 3 rings (SSSR count). The molecule has 23 heavy (non-hydrogen) atoms. The van der Waals surface area contributed by atoms with E-state index in [1.807, 2.05) is 6.92 Å². The Bertz CT molecular complexity index is 809. The molecule has 2 aromatic heterocycles. The summed E-state index contributed by atoms with van der Waals surface area (Å²) in [4.78, 5) is 16.2. The average molecular weight is 316 g/mol. The van der Waals surface area contributed by atoms with E-state index in [2.05, 4.69) is 4.98 Å². The first-order valence-electron chi connectivity index (χ1n) is 7.53. The lowest BCUT2D eigenvalue weighted by Crippen LogP contribution is -2.15. The van der Waals surface area contributed by atoms with Gasteiger partial charge < -0.3 is 13.7 Å². The topological polar surface area (TPSA) is 57.3 Å². The molecule has 0 atom stereocenters. The van der Waals surface area contributed by atoms with Gasteiger partial charge in [-0.05, 0) is 30.7 Å². The number of carbonyl (C=O) groups is 1. The molecule has 0 spiro atoms. The summed E-state index contributed by atoms with van der Waals surface area (Å²) in [7, 11) is 0. The second-order valence-electron chi connectivity index (χ2n) is 5.23. The van der Waals surface area contributed by atoms with Crippen molar-refractivity contribution < 1.29 is 18.3 Å². The maximum atomic E-state index is 13.4. The summed E-state index contributed by atoms with van der Waals surface area (Å²) in [5, 5.41) is 0.680. The van der Waals surface area contributed by atoms with Crippen molar-refractivity contribution in [1.29, 1.82) is 0 Å². The van der Waals surface area contributed by atoms with Gasteiger partial charge in [0.05, 0.1) is 12.8 Å². The fourth-order valence-electron chi connectivity index (χ4n) is 2.44. The molecule has 0 saturated carbocycles. The number of unbranched alkanes of at least 4 members (excludes halogenated alkanes) is 1. The van der Waals surface area contributed by atoms with Crippen molar-refractivity contribution in [2.45, 2.75) is 26.3 Å². The first-order chi connectivity index (χ1) is 11.2. The van der Waals surface area contributed by atoms with E-state index in [-0.39, 0.29) is 18.3 Å². The molecule has 0 aliphatic carbocycles. The van der Waals surface area contributed by atoms with E-state index in [0.29, 0.717) is 23.6 Å². The van der Waals surface area contributed by atoms with Crippen molar-refractivity contribution in [2.75, 3.05) is 6.61 Å². The zero-order valence-electron chi connectivity index (χ0n) is 12.8. The van der Waals surface area contributed by atoms with E-state index >= 15 is 0 Å². The standard InChI is InChI=1S/C17H17FN2O3/c1-2-3-7-22-16(21)11-20-14-5-4-13(18)9-12(14)10-15(20)17-19-6-8-23-17/h4-6,8-10H,2-3,7,11H2,1H3. The number of ether oxygens (including phenoxy) is 1. The molecule has 5 nitrogen and oxygen atoms in total. The van der Waals surface area contributed by atoms with Gasteiger partial charge in [-0.1, -0.05) is 13.3 Å². The Balaban J connectivity index is 1.96. The highest BCUT2D eigenvalue weighted by atomic mass is 19.1. The minimum absolute atomic E-state index is 0.0244. The van der Waals surface area contributed by atoms with Crippen molar-refractivity contribution in [3.63, 3.8) is 0 Å². The quantitative estimate of drug-likeness (QED) is 0.513. The molecule has 0 saturated heterocycles. The fraction of sp³-hybridized carbons (Fsp3) is 0.294. The highest BCUT2D eigenvalue weighted by Gasteiger charge is 2.17. The van der Waals surface area contributed by atoms with Crippen LogP contribution in [0, 0.1) is 5.82 Å². The van der Waals surface area contributed by atoms with Crippen LogP contribution in [0.5, 0.6) is 0 Å². The zero-order chi connectivity index (χ0) is 16.2. The lowest BCUT2D eigenvalue weighted by Gasteiger charge is -2.09. The minimum Gasteiger partial charge on any atom is -0.464 e. The SMILES string of the molecule is CCCCOC(=O)Cn1c(-c2ncco2)cc2cc(F)ccc21. The molecule has 0 fully saturated rings. The number of hydrogen-bond acceptors (Lipinski definition) is 4. The highest BCUT2D eigenvalue weighted by molar-refractivity contribution is 5.87. The van der Waals surface area contributed by atoms with Crippen LogP contribution in [0.1, 0.15) is 19.8 Å². The van der Waals surface area contributed by atoms with Crippen molar-refractivity contribution >= 4 is 16.9 Å². The predicted octanol–water partition coefficient (Wildman–Crippen LogP) is 3.78. The van der Waals surface area contributed by atoms with E-state index in [9.17, 15) is 9.18 Å². The molecule has 0 aliphatic heterocycles. The van der Waals surface area contributed by atoms with Gasteiger partial charge in [0.25, 0.3) is 0 Å². The molecule has 120 valence electrons. The smallest absolute Gasteiger partial charge is 0.325 e. The summed E-state index contributed by atoms with van der Waals surface area (Å²) < 4.78 is 25.7. The number of oxazole rings is 1. The van der Waals surface area contributed by atoms with Gasteiger partial charge in [0.1, 0.15) is 24.3 Å². The van der Waals surface area contributed by atoms with Crippen LogP contribution in [0.15, 0.2) is 41.1 Å². The second-order valence-corrected chi connectivity index (χ2v) is 5.23. The van der Waals surface area contributed by atoms with Crippen LogP contribution in [-0.4, -0.2) is 22.1 Å². The number of esters is 1. The van der Waals surface area contributed by atoms with E-state index in [1.165, 1.54) is 24.6 Å². The summed E-state index contributed by atoms with van der Waals surface area (Å²) in [5.41, 5.74) is 1.34. The van der Waals surface area contributed by atoms with Gasteiger partial charge in [-0.2, -0.15) is 0 Å². The third-order valence-corrected chi connectivity index (χ3v) is 3.56. The number of benzene rings is 1. The first kappa shape index (κ1) is 15.3. The van der Waals surface area contributed by atoms with Gasteiger partial charge in [-0.15, -0.1) is 0 Å². The Labute approximate surface area is 132 Å². The molecule has 0 unspecified atom stereocenters. The highest BCUT2D eigenvalue weighted by Crippen LogP contribution is 2.28. The first-order valence-corrected chi connectivity index (χ1v) is 7.53. The molecule has 1 aromatic carbocycles. The Hall–Kier alpha value is -2.63. The lowest BCUT2D eigenvalue weighted by molar-refractivity contribution is -0.144. The van der Waals surface area contributed by atoms with Gasteiger partial charge in [0, 0.05) is 10.9 Å². The van der Waals surface area contributed by atoms with Crippen LogP contribution >= 0.6 is 0 Å². The maximum Gasteiger partial charge on any atom is 0.325 e. The summed E-state index contributed by atoms with van der Waals surface area (Å²) >= 11 is 0. The van der Waals surface area contributed by atoms with E-state index < -0.39 is 0 Å². The zero-order valence-corrected chi connectivity index (χ0v) is 12.8. The lowest BCUT2D eigenvalue weighted by atomic mass is 10.2. The molecule has 3 aromatic rings. The molecule has 6 heteroatoms. The molecule has 0 N–H and O–H groups in total. The average Bonchev–Trinajstić information content (AvgIpc) is 3.15. The van der Waals surface area contributed by atoms with E-state index in [4.69, 9.17) is 9.15 Å². The molecule has 0 aliphatic rings. The Morgan fingerprint density at radius 3 is 3.00 bits per heavy atom. The molecular weight excluding hydrogens is 299 g/mol.